The summed E-state index contributed by atoms with van der Waals surface area (Å²) < 4.78 is 0. The zero-order valence-corrected chi connectivity index (χ0v) is 17.1. The molecule has 0 amide bonds. The van der Waals surface area contributed by atoms with Crippen molar-refractivity contribution in [1.82, 2.24) is 9.97 Å². The van der Waals surface area contributed by atoms with Crippen molar-refractivity contribution in [1.29, 1.82) is 0 Å². The van der Waals surface area contributed by atoms with Crippen molar-refractivity contribution >= 4 is 23.1 Å². The fourth-order valence-corrected chi connectivity index (χ4v) is 4.02. The molecule has 1 unspecified atom stereocenters. The molecule has 0 aliphatic heterocycles. The molecule has 3 aromatic rings. The molecule has 5 heteroatoms. The minimum absolute atomic E-state index is 0.264. The molecular weight excluding hydrogens is 380 g/mol. The highest BCUT2D eigenvalue weighted by Gasteiger charge is 2.20. The Morgan fingerprint density at radius 3 is 2.90 bits per heavy atom. The third-order valence-electron chi connectivity index (χ3n) is 5.17. The van der Waals surface area contributed by atoms with Crippen LogP contribution in [0.1, 0.15) is 35.8 Å². The number of fused-ring (bicyclic) bond motifs is 1. The van der Waals surface area contributed by atoms with Gasteiger partial charge in [0.15, 0.2) is 0 Å². The van der Waals surface area contributed by atoms with Gasteiger partial charge in [-0.15, -0.1) is 6.42 Å². The first-order chi connectivity index (χ1) is 14.1. The molecule has 0 bridgehead atoms. The number of nitrogens with one attached hydrogen (secondary N) is 2. The Labute approximate surface area is 176 Å². The van der Waals surface area contributed by atoms with E-state index in [9.17, 15) is 0 Å². The van der Waals surface area contributed by atoms with Gasteiger partial charge in [-0.1, -0.05) is 47.9 Å². The number of halogens is 1. The summed E-state index contributed by atoms with van der Waals surface area (Å²) in [6.45, 7) is 2.33. The number of anilines is 2. The molecule has 1 heterocycles. The Balaban J connectivity index is 1.63. The number of aromatic nitrogens is 2. The van der Waals surface area contributed by atoms with Crippen molar-refractivity contribution in [2.75, 3.05) is 17.2 Å². The van der Waals surface area contributed by atoms with Crippen molar-refractivity contribution < 1.29 is 0 Å². The standard InChI is InChI=1S/C24H23ClN4/c1-3-13-26-23-14-18(11-12-20(23)25)22-15-24(28-16(2)27-22)29-21-10-6-8-17-7-4-5-9-19(17)21/h1,4-5,7,9,11-12,14-15,21,26H,6,8,10,13H2,2H3,(H,27,28,29). The van der Waals surface area contributed by atoms with Crippen LogP contribution < -0.4 is 10.6 Å². The number of hydrogen-bond donors (Lipinski definition) is 2. The molecule has 0 saturated heterocycles. The minimum atomic E-state index is 0.264. The van der Waals surface area contributed by atoms with Gasteiger partial charge in [0.25, 0.3) is 0 Å². The van der Waals surface area contributed by atoms with Crippen molar-refractivity contribution in [3.8, 4) is 23.6 Å². The number of aryl methyl sites for hydroxylation is 2. The molecule has 4 rings (SSSR count). The van der Waals surface area contributed by atoms with E-state index < -0.39 is 0 Å². The van der Waals surface area contributed by atoms with Gasteiger partial charge in [0.05, 0.1) is 29.0 Å². The molecule has 1 aromatic heterocycles. The summed E-state index contributed by atoms with van der Waals surface area (Å²) in [5, 5.41) is 7.41. The number of nitrogens with zero attached hydrogens (tertiary/aromatic N) is 2. The average Bonchev–Trinajstić information content (AvgIpc) is 2.73. The second kappa shape index (κ2) is 8.55. The number of benzene rings is 2. The van der Waals surface area contributed by atoms with Gasteiger partial charge in [0.2, 0.25) is 0 Å². The minimum Gasteiger partial charge on any atom is -0.373 e. The summed E-state index contributed by atoms with van der Waals surface area (Å²) in [7, 11) is 0. The topological polar surface area (TPSA) is 49.8 Å². The van der Waals surface area contributed by atoms with Gasteiger partial charge in [-0.05, 0) is 49.4 Å². The molecule has 2 aromatic carbocycles. The third kappa shape index (κ3) is 4.36. The SMILES string of the molecule is C#CCNc1cc(-c2cc(NC3CCCc4ccccc43)nc(C)n2)ccc1Cl. The molecule has 0 saturated carbocycles. The smallest absolute Gasteiger partial charge is 0.130 e. The van der Waals surface area contributed by atoms with E-state index in [4.69, 9.17) is 18.0 Å². The van der Waals surface area contributed by atoms with Gasteiger partial charge in [-0.25, -0.2) is 9.97 Å². The fraction of sp³-hybridized carbons (Fsp3) is 0.250. The van der Waals surface area contributed by atoms with Gasteiger partial charge < -0.3 is 10.6 Å². The third-order valence-corrected chi connectivity index (χ3v) is 5.50. The van der Waals surface area contributed by atoms with Crippen LogP contribution in [0, 0.1) is 19.3 Å². The monoisotopic (exact) mass is 402 g/mol. The van der Waals surface area contributed by atoms with Crippen LogP contribution in [0.5, 0.6) is 0 Å². The van der Waals surface area contributed by atoms with E-state index in [1.54, 1.807) is 0 Å². The largest absolute Gasteiger partial charge is 0.373 e. The molecule has 0 radical (unpaired) electrons. The number of rotatable bonds is 5. The first kappa shape index (κ1) is 19.3. The van der Waals surface area contributed by atoms with E-state index >= 15 is 0 Å². The van der Waals surface area contributed by atoms with Gasteiger partial charge in [0.1, 0.15) is 11.6 Å². The van der Waals surface area contributed by atoms with Gasteiger partial charge >= 0.3 is 0 Å². The molecule has 4 nitrogen and oxygen atoms in total. The van der Waals surface area contributed by atoms with Gasteiger partial charge in [-0.3, -0.25) is 0 Å². The van der Waals surface area contributed by atoms with Crippen LogP contribution >= 0.6 is 11.6 Å². The van der Waals surface area contributed by atoms with Crippen molar-refractivity contribution in [2.45, 2.75) is 32.2 Å². The zero-order chi connectivity index (χ0) is 20.2. The maximum absolute atomic E-state index is 6.28. The van der Waals surface area contributed by atoms with Crippen LogP contribution in [-0.2, 0) is 6.42 Å². The maximum Gasteiger partial charge on any atom is 0.130 e. The van der Waals surface area contributed by atoms with Crippen molar-refractivity contribution in [3.63, 3.8) is 0 Å². The average molecular weight is 403 g/mol. The molecule has 0 fully saturated rings. The first-order valence-corrected chi connectivity index (χ1v) is 10.2. The van der Waals surface area contributed by atoms with Crippen LogP contribution in [0.2, 0.25) is 5.02 Å². The summed E-state index contributed by atoms with van der Waals surface area (Å²) in [6.07, 6.45) is 8.76. The summed E-state index contributed by atoms with van der Waals surface area (Å²) in [6, 6.07) is 16.7. The highest BCUT2D eigenvalue weighted by atomic mass is 35.5. The first-order valence-electron chi connectivity index (χ1n) is 9.81. The summed E-state index contributed by atoms with van der Waals surface area (Å²) >= 11 is 6.28. The Bertz CT molecular complexity index is 1070. The van der Waals surface area contributed by atoms with Crippen molar-refractivity contribution in [2.24, 2.45) is 0 Å². The van der Waals surface area contributed by atoms with Gasteiger partial charge in [0, 0.05) is 11.6 Å². The van der Waals surface area contributed by atoms with Crippen LogP contribution in [0.4, 0.5) is 11.5 Å². The lowest BCUT2D eigenvalue weighted by molar-refractivity contribution is 0.598. The lowest BCUT2D eigenvalue weighted by atomic mass is 9.88. The highest BCUT2D eigenvalue weighted by molar-refractivity contribution is 6.33. The predicted octanol–water partition coefficient (Wildman–Crippen LogP) is 5.64. The highest BCUT2D eigenvalue weighted by Crippen LogP contribution is 2.33. The lowest BCUT2D eigenvalue weighted by Gasteiger charge is -2.27. The quantitative estimate of drug-likeness (QED) is 0.542. The lowest BCUT2D eigenvalue weighted by Crippen LogP contribution is -2.18. The molecule has 1 atom stereocenters. The van der Waals surface area contributed by atoms with E-state index in [2.05, 4.69) is 50.8 Å². The normalized spacial score (nSPS) is 15.3. The molecule has 29 heavy (non-hydrogen) atoms. The summed E-state index contributed by atoms with van der Waals surface area (Å²) in [5.74, 6) is 4.13. The van der Waals surface area contributed by atoms with Gasteiger partial charge in [-0.2, -0.15) is 0 Å². The van der Waals surface area contributed by atoms with E-state index in [1.165, 1.54) is 17.5 Å². The Morgan fingerprint density at radius 2 is 2.03 bits per heavy atom. The second-order valence-corrected chi connectivity index (χ2v) is 7.63. The van der Waals surface area contributed by atoms with Crippen LogP contribution in [0.15, 0.2) is 48.5 Å². The maximum atomic E-state index is 6.28. The number of hydrogen-bond acceptors (Lipinski definition) is 4. The molecule has 1 aliphatic carbocycles. The Hall–Kier alpha value is -3.03. The zero-order valence-electron chi connectivity index (χ0n) is 16.4. The Morgan fingerprint density at radius 1 is 1.17 bits per heavy atom. The van der Waals surface area contributed by atoms with E-state index in [-0.39, 0.29) is 6.04 Å². The Kier molecular flexibility index (Phi) is 5.69. The fourth-order valence-electron chi connectivity index (χ4n) is 3.84. The molecule has 2 N–H and O–H groups in total. The molecule has 0 spiro atoms. The van der Waals surface area contributed by atoms with Crippen LogP contribution in [0.25, 0.3) is 11.3 Å². The van der Waals surface area contributed by atoms with E-state index in [0.717, 1.165) is 41.4 Å². The summed E-state index contributed by atoms with van der Waals surface area (Å²) in [4.78, 5) is 9.26. The number of terminal acetylenes is 1. The van der Waals surface area contributed by atoms with E-state index in [1.807, 2.05) is 31.2 Å². The second-order valence-electron chi connectivity index (χ2n) is 7.23. The van der Waals surface area contributed by atoms with Crippen LogP contribution in [0.3, 0.4) is 0 Å². The predicted molar refractivity (Wildman–Crippen MR) is 120 cm³/mol. The van der Waals surface area contributed by atoms with E-state index in [0.29, 0.717) is 11.6 Å². The summed E-state index contributed by atoms with van der Waals surface area (Å²) in [5.41, 5.74) is 5.40. The van der Waals surface area contributed by atoms with Crippen molar-refractivity contribution in [3.05, 3.63) is 70.5 Å². The molecule has 1 aliphatic rings. The molecular formula is C24H23ClN4. The van der Waals surface area contributed by atoms with Crippen LogP contribution in [-0.4, -0.2) is 16.5 Å². The molecule has 146 valence electrons.